The van der Waals surface area contributed by atoms with E-state index in [1.165, 1.54) is 0 Å². The minimum atomic E-state index is -0.151. The average molecular weight is 376 g/mol. The zero-order valence-electron chi connectivity index (χ0n) is 16.9. The highest BCUT2D eigenvalue weighted by Crippen LogP contribution is 2.24. The third kappa shape index (κ3) is 6.15. The molecular weight excluding hydrogens is 342 g/mol. The smallest absolute Gasteiger partial charge is 0.317 e. The number of unbranched alkanes of at least 4 members (excludes halogenated alkanes) is 2. The van der Waals surface area contributed by atoms with Gasteiger partial charge in [-0.1, -0.05) is 26.7 Å². The number of carbonyl (C=O) groups excluding carboxylic acids is 2. The van der Waals surface area contributed by atoms with Gasteiger partial charge in [-0.2, -0.15) is 0 Å². The van der Waals surface area contributed by atoms with Crippen molar-refractivity contribution in [1.82, 2.24) is 10.2 Å². The van der Waals surface area contributed by atoms with Crippen molar-refractivity contribution in [3.05, 3.63) is 24.3 Å². The van der Waals surface area contributed by atoms with E-state index in [0.29, 0.717) is 19.6 Å². The molecule has 6 nitrogen and oxygen atoms in total. The zero-order valence-corrected chi connectivity index (χ0v) is 16.9. The fourth-order valence-corrected chi connectivity index (χ4v) is 3.22. The molecule has 1 aromatic carbocycles. The molecule has 6 heteroatoms. The summed E-state index contributed by atoms with van der Waals surface area (Å²) in [5.41, 5.74) is 0.842. The van der Waals surface area contributed by atoms with Crippen LogP contribution in [0.15, 0.2) is 24.3 Å². The van der Waals surface area contributed by atoms with Crippen molar-refractivity contribution in [2.75, 3.05) is 31.1 Å². The van der Waals surface area contributed by atoms with Gasteiger partial charge in [0.15, 0.2) is 0 Å². The summed E-state index contributed by atoms with van der Waals surface area (Å²) in [5.74, 6) is 0.832. The van der Waals surface area contributed by atoms with E-state index >= 15 is 0 Å². The van der Waals surface area contributed by atoms with E-state index in [1.807, 2.05) is 36.1 Å². The van der Waals surface area contributed by atoms with Crippen LogP contribution < -0.4 is 15.0 Å². The van der Waals surface area contributed by atoms with Crippen molar-refractivity contribution in [3.8, 4) is 5.75 Å². The van der Waals surface area contributed by atoms with Gasteiger partial charge in [-0.05, 0) is 44.0 Å². The minimum absolute atomic E-state index is 0.0399. The number of urea groups is 1. The molecule has 150 valence electrons. The molecule has 1 atom stereocenters. The Hall–Kier alpha value is -2.24. The van der Waals surface area contributed by atoms with E-state index in [9.17, 15) is 9.59 Å². The van der Waals surface area contributed by atoms with Gasteiger partial charge < -0.3 is 19.9 Å². The molecular formula is C21H33N3O3. The van der Waals surface area contributed by atoms with Crippen LogP contribution >= 0.6 is 0 Å². The molecule has 0 spiro atoms. The fraction of sp³-hybridized carbons (Fsp3) is 0.619. The van der Waals surface area contributed by atoms with Crippen molar-refractivity contribution in [2.24, 2.45) is 0 Å². The predicted octanol–water partition coefficient (Wildman–Crippen LogP) is 3.80. The predicted molar refractivity (Wildman–Crippen MR) is 108 cm³/mol. The van der Waals surface area contributed by atoms with Crippen LogP contribution in [-0.2, 0) is 4.79 Å². The molecule has 27 heavy (non-hydrogen) atoms. The summed E-state index contributed by atoms with van der Waals surface area (Å²) < 4.78 is 5.45. The summed E-state index contributed by atoms with van der Waals surface area (Å²) in [6, 6.07) is 7.32. The lowest BCUT2D eigenvalue weighted by Gasteiger charge is -2.25. The normalized spacial score (nSPS) is 16.5. The Balaban J connectivity index is 1.94. The van der Waals surface area contributed by atoms with Crippen LogP contribution in [0.25, 0.3) is 0 Å². The van der Waals surface area contributed by atoms with Gasteiger partial charge in [-0.3, -0.25) is 4.79 Å². The first-order valence-corrected chi connectivity index (χ1v) is 10.2. The highest BCUT2D eigenvalue weighted by molar-refractivity contribution is 5.96. The van der Waals surface area contributed by atoms with Crippen LogP contribution in [0.4, 0.5) is 10.5 Å². The lowest BCUT2D eigenvalue weighted by molar-refractivity contribution is -0.117. The van der Waals surface area contributed by atoms with E-state index in [-0.39, 0.29) is 18.0 Å². The van der Waals surface area contributed by atoms with E-state index in [0.717, 1.165) is 50.2 Å². The first-order chi connectivity index (χ1) is 13.1. The zero-order chi connectivity index (χ0) is 19.6. The molecule has 1 aliphatic heterocycles. The molecule has 0 radical (unpaired) electrons. The number of amides is 3. The van der Waals surface area contributed by atoms with Gasteiger partial charge in [0, 0.05) is 31.7 Å². The first-order valence-electron chi connectivity index (χ1n) is 10.2. The molecule has 2 rings (SSSR count). The van der Waals surface area contributed by atoms with Gasteiger partial charge in [0.2, 0.25) is 5.91 Å². The Kier molecular flexibility index (Phi) is 8.43. The number of rotatable bonds is 10. The van der Waals surface area contributed by atoms with Crippen molar-refractivity contribution in [2.45, 2.75) is 58.9 Å². The van der Waals surface area contributed by atoms with Crippen molar-refractivity contribution in [3.63, 3.8) is 0 Å². The highest BCUT2D eigenvalue weighted by atomic mass is 16.5. The Labute approximate surface area is 162 Å². The second kappa shape index (κ2) is 10.8. The SMILES string of the molecule is CCCCN(CCCC)C(=O)N[C@@H]1CC(=O)N(c2ccc(OCC)cc2)C1. The van der Waals surface area contributed by atoms with Crippen LogP contribution in [0.5, 0.6) is 5.75 Å². The van der Waals surface area contributed by atoms with Crippen LogP contribution in [0.2, 0.25) is 0 Å². The molecule has 3 amide bonds. The van der Waals surface area contributed by atoms with Crippen molar-refractivity contribution >= 4 is 17.6 Å². The molecule has 1 saturated heterocycles. The number of nitrogens with one attached hydrogen (secondary N) is 1. The summed E-state index contributed by atoms with van der Waals surface area (Å²) in [7, 11) is 0. The van der Waals surface area contributed by atoms with Gasteiger partial charge >= 0.3 is 6.03 Å². The molecule has 0 aromatic heterocycles. The standard InChI is InChI=1S/C21H33N3O3/c1-4-7-13-23(14-8-5-2)21(26)22-17-15-20(25)24(16-17)18-9-11-19(12-10-18)27-6-3/h9-12,17H,4-8,13-16H2,1-3H3,(H,22,26)/t17-/m1/s1. The fourth-order valence-electron chi connectivity index (χ4n) is 3.22. The van der Waals surface area contributed by atoms with Gasteiger partial charge in [-0.15, -0.1) is 0 Å². The average Bonchev–Trinajstić information content (AvgIpc) is 3.02. The maximum Gasteiger partial charge on any atom is 0.317 e. The molecule has 0 unspecified atom stereocenters. The van der Waals surface area contributed by atoms with Crippen LogP contribution in [-0.4, -0.2) is 49.1 Å². The van der Waals surface area contributed by atoms with Crippen molar-refractivity contribution < 1.29 is 14.3 Å². The number of hydrogen-bond donors (Lipinski definition) is 1. The molecule has 1 aliphatic rings. The summed E-state index contributed by atoms with van der Waals surface area (Å²) in [6.45, 7) is 8.85. The largest absolute Gasteiger partial charge is 0.494 e. The number of benzene rings is 1. The van der Waals surface area contributed by atoms with Gasteiger partial charge in [-0.25, -0.2) is 4.79 Å². The quantitative estimate of drug-likeness (QED) is 0.676. The Morgan fingerprint density at radius 2 is 1.78 bits per heavy atom. The molecule has 1 fully saturated rings. The maximum atomic E-state index is 12.6. The molecule has 1 heterocycles. The van der Waals surface area contributed by atoms with E-state index in [2.05, 4.69) is 19.2 Å². The number of hydrogen-bond acceptors (Lipinski definition) is 3. The maximum absolute atomic E-state index is 12.6. The highest BCUT2D eigenvalue weighted by Gasteiger charge is 2.32. The number of carbonyl (C=O) groups is 2. The van der Waals surface area contributed by atoms with E-state index in [4.69, 9.17) is 4.74 Å². The second-order valence-electron chi connectivity index (χ2n) is 6.98. The number of anilines is 1. The van der Waals surface area contributed by atoms with E-state index < -0.39 is 0 Å². The monoisotopic (exact) mass is 375 g/mol. The van der Waals surface area contributed by atoms with Crippen LogP contribution in [0.3, 0.4) is 0 Å². The summed E-state index contributed by atoms with van der Waals surface area (Å²) in [4.78, 5) is 28.7. The third-order valence-electron chi connectivity index (χ3n) is 4.76. The Bertz CT molecular complexity index is 595. The van der Waals surface area contributed by atoms with Gasteiger partial charge in [0.25, 0.3) is 0 Å². The topological polar surface area (TPSA) is 61.9 Å². The van der Waals surface area contributed by atoms with Crippen LogP contribution in [0.1, 0.15) is 52.9 Å². The van der Waals surface area contributed by atoms with Crippen LogP contribution in [0, 0.1) is 0 Å². The van der Waals surface area contributed by atoms with Gasteiger partial charge in [0.05, 0.1) is 12.6 Å². The summed E-state index contributed by atoms with van der Waals surface area (Å²) in [6.07, 6.45) is 4.46. The summed E-state index contributed by atoms with van der Waals surface area (Å²) >= 11 is 0. The molecule has 1 N–H and O–H groups in total. The molecule has 0 saturated carbocycles. The molecule has 0 bridgehead atoms. The van der Waals surface area contributed by atoms with Crippen molar-refractivity contribution in [1.29, 1.82) is 0 Å². The summed E-state index contributed by atoms with van der Waals surface area (Å²) in [5, 5.41) is 3.06. The second-order valence-corrected chi connectivity index (χ2v) is 6.98. The van der Waals surface area contributed by atoms with Gasteiger partial charge in [0.1, 0.15) is 5.75 Å². The Morgan fingerprint density at radius 1 is 1.15 bits per heavy atom. The lowest BCUT2D eigenvalue weighted by atomic mass is 10.2. The lowest BCUT2D eigenvalue weighted by Crippen LogP contribution is -2.46. The number of ether oxygens (including phenoxy) is 1. The molecule has 1 aromatic rings. The third-order valence-corrected chi connectivity index (χ3v) is 4.76. The Morgan fingerprint density at radius 3 is 2.33 bits per heavy atom. The molecule has 0 aliphatic carbocycles. The minimum Gasteiger partial charge on any atom is -0.494 e. The first kappa shape index (κ1) is 21.1. The number of nitrogens with zero attached hydrogens (tertiary/aromatic N) is 2. The van der Waals surface area contributed by atoms with E-state index in [1.54, 1.807) is 4.90 Å².